The van der Waals surface area contributed by atoms with E-state index in [2.05, 4.69) is 29.7 Å². The fourth-order valence-electron chi connectivity index (χ4n) is 3.81. The van der Waals surface area contributed by atoms with Crippen LogP contribution in [0.15, 0.2) is 0 Å². The summed E-state index contributed by atoms with van der Waals surface area (Å²) in [6, 6.07) is 0. The number of unbranched alkanes of at least 4 members (excludes halogenated alkanes) is 14. The fraction of sp³-hybridized carbons (Fsp3) is 1.00. The minimum atomic E-state index is 0.496. The third kappa shape index (κ3) is 18.2. The molecule has 0 aromatic heterocycles. The van der Waals surface area contributed by atoms with E-state index in [1.165, 1.54) is 116 Å². The second kappa shape index (κ2) is 22.1. The Balaban J connectivity index is 3.60. The number of rotatable bonds is 21. The number of hydrogen-bond acceptors (Lipinski definition) is 1. The van der Waals surface area contributed by atoms with Crippen molar-refractivity contribution < 1.29 is 4.52 Å². The molecule has 0 saturated heterocycles. The van der Waals surface area contributed by atoms with Crippen molar-refractivity contribution in [1.29, 1.82) is 0 Å². The Morgan fingerprint density at radius 1 is 0.615 bits per heavy atom. The van der Waals surface area contributed by atoms with Gasteiger partial charge in [-0.15, -0.1) is 0 Å². The van der Waals surface area contributed by atoms with E-state index >= 15 is 0 Å². The molecule has 0 aromatic carbocycles. The van der Waals surface area contributed by atoms with Crippen molar-refractivity contribution >= 4 is 17.4 Å². The third-order valence-electron chi connectivity index (χ3n) is 5.71. The Hall–Kier alpha value is 0.820. The topological polar surface area (TPSA) is 9.23 Å². The summed E-state index contributed by atoms with van der Waals surface area (Å²) < 4.78 is 6.06. The molecule has 4 unspecified atom stereocenters. The SMILES string of the molecule is CCCCCCCCCCCCC(C)C(CCCCCCCC)OPP. The molecule has 0 bridgehead atoms. The van der Waals surface area contributed by atoms with Crippen molar-refractivity contribution in [2.45, 2.75) is 142 Å². The van der Waals surface area contributed by atoms with Crippen molar-refractivity contribution in [3.63, 3.8) is 0 Å². The highest BCUT2D eigenvalue weighted by Gasteiger charge is 2.16. The van der Waals surface area contributed by atoms with E-state index in [0.29, 0.717) is 14.6 Å². The Morgan fingerprint density at radius 3 is 1.42 bits per heavy atom. The predicted octanol–water partition coefficient (Wildman–Crippen LogP) is 9.45. The van der Waals surface area contributed by atoms with Crippen LogP contribution >= 0.6 is 17.4 Å². The van der Waals surface area contributed by atoms with Crippen LogP contribution in [0.3, 0.4) is 0 Å². The molecule has 3 heteroatoms. The van der Waals surface area contributed by atoms with Crippen molar-refractivity contribution in [1.82, 2.24) is 0 Å². The minimum absolute atomic E-state index is 0.496. The van der Waals surface area contributed by atoms with Crippen molar-refractivity contribution in [3.05, 3.63) is 0 Å². The summed E-state index contributed by atoms with van der Waals surface area (Å²) in [6.45, 7) is 7.00. The molecule has 0 heterocycles. The second-order valence-electron chi connectivity index (χ2n) is 8.28. The zero-order chi connectivity index (χ0) is 19.3. The number of hydrogen-bond donors (Lipinski definition) is 0. The normalized spacial score (nSPS) is 14.3. The summed E-state index contributed by atoms with van der Waals surface area (Å²) in [6.07, 6.45) is 25.8. The lowest BCUT2D eigenvalue weighted by atomic mass is 9.93. The van der Waals surface area contributed by atoms with Crippen LogP contribution in [0, 0.1) is 5.92 Å². The van der Waals surface area contributed by atoms with Crippen molar-refractivity contribution in [2.75, 3.05) is 0 Å². The van der Waals surface area contributed by atoms with Gasteiger partial charge < -0.3 is 4.52 Å². The molecule has 1 nitrogen and oxygen atoms in total. The Labute approximate surface area is 170 Å². The van der Waals surface area contributed by atoms with Gasteiger partial charge in [-0.05, 0) is 18.8 Å². The van der Waals surface area contributed by atoms with Crippen LogP contribution in [-0.4, -0.2) is 6.10 Å². The molecule has 0 aliphatic carbocycles. The molecular weight excluding hydrogens is 354 g/mol. The molecule has 0 amide bonds. The predicted molar refractivity (Wildman–Crippen MR) is 127 cm³/mol. The Morgan fingerprint density at radius 2 is 1.00 bits per heavy atom. The molecule has 0 aromatic rings. The van der Waals surface area contributed by atoms with Gasteiger partial charge in [0.25, 0.3) is 0 Å². The van der Waals surface area contributed by atoms with E-state index in [-0.39, 0.29) is 0 Å². The van der Waals surface area contributed by atoms with E-state index < -0.39 is 0 Å². The van der Waals surface area contributed by atoms with Gasteiger partial charge in [-0.25, -0.2) is 0 Å². The highest BCUT2D eigenvalue weighted by Crippen LogP contribution is 2.31. The van der Waals surface area contributed by atoms with Crippen LogP contribution in [-0.2, 0) is 4.52 Å². The summed E-state index contributed by atoms with van der Waals surface area (Å²) in [7, 11) is 3.33. The first kappa shape index (κ1) is 26.8. The highest BCUT2D eigenvalue weighted by atomic mass is 32.0. The van der Waals surface area contributed by atoms with Crippen LogP contribution in [0.25, 0.3) is 0 Å². The van der Waals surface area contributed by atoms with E-state index in [4.69, 9.17) is 4.52 Å². The largest absolute Gasteiger partial charge is 0.355 e. The lowest BCUT2D eigenvalue weighted by Crippen LogP contribution is -2.18. The molecule has 0 N–H and O–H groups in total. The zero-order valence-corrected chi connectivity index (χ0v) is 20.5. The van der Waals surface area contributed by atoms with Crippen LogP contribution in [0.1, 0.15) is 136 Å². The second-order valence-corrected chi connectivity index (χ2v) is 9.46. The standard InChI is InChI=1S/C23H50OP2/c1-4-6-8-10-12-13-14-15-16-18-20-22(3)23(24-26-25)21-19-17-11-9-7-5-2/h22-23,26H,4-21,25H2,1-3H3. The molecule has 0 aliphatic rings. The monoisotopic (exact) mass is 404 g/mol. The summed E-state index contributed by atoms with van der Waals surface area (Å²) in [4.78, 5) is 0. The first-order chi connectivity index (χ1) is 12.8. The molecule has 0 aliphatic heterocycles. The van der Waals surface area contributed by atoms with Gasteiger partial charge in [0.05, 0.1) is 6.10 Å². The van der Waals surface area contributed by atoms with E-state index in [1.54, 1.807) is 0 Å². The fourth-order valence-corrected chi connectivity index (χ4v) is 4.86. The van der Waals surface area contributed by atoms with Gasteiger partial charge in [0, 0.05) is 8.50 Å². The molecule has 0 saturated carbocycles. The molecule has 0 spiro atoms. The van der Waals surface area contributed by atoms with Crippen LogP contribution in [0.5, 0.6) is 0 Å². The van der Waals surface area contributed by atoms with Crippen molar-refractivity contribution in [3.8, 4) is 0 Å². The lowest BCUT2D eigenvalue weighted by Gasteiger charge is -2.23. The van der Waals surface area contributed by atoms with Gasteiger partial charge in [0.1, 0.15) is 0 Å². The molecule has 0 rings (SSSR count). The lowest BCUT2D eigenvalue weighted by molar-refractivity contribution is 0.146. The summed E-state index contributed by atoms with van der Waals surface area (Å²) in [5.41, 5.74) is 0. The summed E-state index contributed by atoms with van der Waals surface area (Å²) in [5.74, 6) is 0.729. The maximum Gasteiger partial charge on any atom is 0.0644 e. The molecular formula is C23H50OP2. The minimum Gasteiger partial charge on any atom is -0.355 e. The van der Waals surface area contributed by atoms with Gasteiger partial charge in [-0.1, -0.05) is 132 Å². The quantitative estimate of drug-likeness (QED) is 0.137. The van der Waals surface area contributed by atoms with Gasteiger partial charge in [-0.3, -0.25) is 0 Å². The zero-order valence-electron chi connectivity index (χ0n) is 18.4. The smallest absolute Gasteiger partial charge is 0.0644 e. The maximum absolute atomic E-state index is 6.06. The average molecular weight is 405 g/mol. The molecule has 26 heavy (non-hydrogen) atoms. The van der Waals surface area contributed by atoms with Crippen LogP contribution in [0.2, 0.25) is 0 Å². The summed E-state index contributed by atoms with van der Waals surface area (Å²) >= 11 is 0. The Bertz CT molecular complexity index is 261. The molecule has 4 atom stereocenters. The van der Waals surface area contributed by atoms with Gasteiger partial charge in [-0.2, -0.15) is 0 Å². The maximum atomic E-state index is 6.06. The van der Waals surface area contributed by atoms with Crippen molar-refractivity contribution in [2.24, 2.45) is 5.92 Å². The third-order valence-corrected chi connectivity index (χ3v) is 6.56. The van der Waals surface area contributed by atoms with Crippen LogP contribution < -0.4 is 0 Å². The first-order valence-electron chi connectivity index (χ1n) is 11.9. The highest BCUT2D eigenvalue weighted by molar-refractivity contribution is 8.00. The molecule has 0 radical (unpaired) electrons. The van der Waals surface area contributed by atoms with E-state index in [9.17, 15) is 0 Å². The average Bonchev–Trinajstić information content (AvgIpc) is 2.65. The van der Waals surface area contributed by atoms with Gasteiger partial charge in [0.2, 0.25) is 0 Å². The van der Waals surface area contributed by atoms with E-state index in [1.807, 2.05) is 0 Å². The Kier molecular flexibility index (Phi) is 22.8. The first-order valence-corrected chi connectivity index (χ1v) is 14.6. The summed E-state index contributed by atoms with van der Waals surface area (Å²) in [5, 5.41) is 0. The molecule has 158 valence electrons. The van der Waals surface area contributed by atoms with Gasteiger partial charge >= 0.3 is 0 Å². The van der Waals surface area contributed by atoms with E-state index in [0.717, 1.165) is 5.92 Å². The van der Waals surface area contributed by atoms with Crippen LogP contribution in [0.4, 0.5) is 0 Å². The molecule has 0 fully saturated rings. The van der Waals surface area contributed by atoms with Gasteiger partial charge in [0.15, 0.2) is 0 Å².